The summed E-state index contributed by atoms with van der Waals surface area (Å²) in [6.45, 7) is 5.85. The molecule has 1 aromatic rings. The molecule has 1 aromatic carbocycles. The first-order valence-corrected chi connectivity index (χ1v) is 8.61. The minimum absolute atomic E-state index is 0.0931. The second-order valence-corrected chi connectivity index (χ2v) is 7.39. The highest BCUT2D eigenvalue weighted by molar-refractivity contribution is 5.91. The fourth-order valence-electron chi connectivity index (χ4n) is 3.10. The number of ether oxygens (including phenoxy) is 2. The van der Waals surface area contributed by atoms with Crippen LogP contribution in [-0.2, 0) is 11.3 Å². The van der Waals surface area contributed by atoms with Crippen molar-refractivity contribution in [2.75, 3.05) is 7.11 Å². The number of aromatic carboxylic acids is 1. The van der Waals surface area contributed by atoms with E-state index in [0.29, 0.717) is 12.3 Å². The van der Waals surface area contributed by atoms with Gasteiger partial charge in [0.05, 0.1) is 7.11 Å². The van der Waals surface area contributed by atoms with Crippen LogP contribution in [-0.4, -0.2) is 40.8 Å². The highest BCUT2D eigenvalue weighted by Crippen LogP contribution is 2.28. The highest BCUT2D eigenvalue weighted by Gasteiger charge is 2.30. The maximum atomic E-state index is 12.7. The Kier molecular flexibility index (Phi) is 5.93. The zero-order chi connectivity index (χ0) is 18.6. The van der Waals surface area contributed by atoms with Crippen LogP contribution in [0.2, 0.25) is 0 Å². The topological polar surface area (TPSA) is 76.1 Å². The molecule has 2 rings (SSSR count). The van der Waals surface area contributed by atoms with Crippen molar-refractivity contribution in [3.05, 3.63) is 29.3 Å². The van der Waals surface area contributed by atoms with E-state index in [1.54, 1.807) is 23.1 Å². The number of carboxylic acid groups (broad SMARTS) is 1. The number of carboxylic acids is 1. The third-order valence-corrected chi connectivity index (χ3v) is 4.24. The Labute approximate surface area is 148 Å². The quantitative estimate of drug-likeness (QED) is 0.867. The molecule has 138 valence electrons. The molecule has 1 aliphatic rings. The number of carbonyl (C=O) groups is 2. The van der Waals surface area contributed by atoms with Gasteiger partial charge in [0.25, 0.3) is 0 Å². The summed E-state index contributed by atoms with van der Waals surface area (Å²) >= 11 is 0. The molecule has 0 aliphatic heterocycles. The van der Waals surface area contributed by atoms with Crippen molar-refractivity contribution in [3.63, 3.8) is 0 Å². The molecular formula is C19H27NO5. The van der Waals surface area contributed by atoms with E-state index in [4.69, 9.17) is 9.47 Å². The van der Waals surface area contributed by atoms with Gasteiger partial charge in [0.2, 0.25) is 0 Å². The van der Waals surface area contributed by atoms with Gasteiger partial charge in [-0.2, -0.15) is 0 Å². The van der Waals surface area contributed by atoms with Gasteiger partial charge in [-0.3, -0.25) is 0 Å². The van der Waals surface area contributed by atoms with E-state index in [2.05, 4.69) is 0 Å². The second kappa shape index (κ2) is 7.76. The zero-order valence-electron chi connectivity index (χ0n) is 15.4. The number of methoxy groups -OCH3 is 1. The highest BCUT2D eigenvalue weighted by atomic mass is 16.6. The molecule has 0 aromatic heterocycles. The van der Waals surface area contributed by atoms with E-state index in [-0.39, 0.29) is 17.7 Å². The van der Waals surface area contributed by atoms with E-state index in [1.807, 2.05) is 20.8 Å². The lowest BCUT2D eigenvalue weighted by Gasteiger charge is -2.31. The first-order chi connectivity index (χ1) is 11.7. The standard InChI is InChI=1S/C19H27NO5/c1-19(2,3)25-18(23)20(14-7-5-6-8-14)12-13-9-10-16(24-4)15(11-13)17(21)22/h9-11,14H,5-8,12H2,1-4H3,(H,21,22). The van der Waals surface area contributed by atoms with Crippen molar-refractivity contribution in [1.82, 2.24) is 4.90 Å². The maximum absolute atomic E-state index is 12.7. The summed E-state index contributed by atoms with van der Waals surface area (Å²) in [5, 5.41) is 9.34. The van der Waals surface area contributed by atoms with Crippen LogP contribution < -0.4 is 4.74 Å². The molecule has 0 unspecified atom stereocenters. The van der Waals surface area contributed by atoms with E-state index in [1.165, 1.54) is 7.11 Å². The second-order valence-electron chi connectivity index (χ2n) is 7.39. The third-order valence-electron chi connectivity index (χ3n) is 4.24. The predicted octanol–water partition coefficient (Wildman–Crippen LogP) is 4.07. The number of hydrogen-bond acceptors (Lipinski definition) is 4. The van der Waals surface area contributed by atoms with Crippen molar-refractivity contribution < 1.29 is 24.2 Å². The van der Waals surface area contributed by atoms with Gasteiger partial charge in [0.15, 0.2) is 0 Å². The molecule has 1 saturated carbocycles. The Bertz CT molecular complexity index is 629. The normalized spacial score (nSPS) is 15.0. The van der Waals surface area contributed by atoms with Crippen molar-refractivity contribution in [3.8, 4) is 5.75 Å². The van der Waals surface area contributed by atoms with Crippen LogP contribution in [0.1, 0.15) is 62.4 Å². The fourth-order valence-corrected chi connectivity index (χ4v) is 3.10. The van der Waals surface area contributed by atoms with Gasteiger partial charge in [-0.15, -0.1) is 0 Å². The van der Waals surface area contributed by atoms with Crippen molar-refractivity contribution in [2.45, 2.75) is 64.6 Å². The summed E-state index contributed by atoms with van der Waals surface area (Å²) in [7, 11) is 1.44. The Balaban J connectivity index is 2.25. The molecule has 0 spiro atoms. The van der Waals surface area contributed by atoms with Gasteiger partial charge in [0, 0.05) is 12.6 Å². The van der Waals surface area contributed by atoms with Gasteiger partial charge < -0.3 is 19.5 Å². The first-order valence-electron chi connectivity index (χ1n) is 8.61. The smallest absolute Gasteiger partial charge is 0.410 e. The van der Waals surface area contributed by atoms with Gasteiger partial charge >= 0.3 is 12.1 Å². The molecule has 0 atom stereocenters. The van der Waals surface area contributed by atoms with Crippen LogP contribution in [0, 0.1) is 0 Å². The van der Waals surface area contributed by atoms with Crippen LogP contribution in [0.15, 0.2) is 18.2 Å². The maximum Gasteiger partial charge on any atom is 0.410 e. The van der Waals surface area contributed by atoms with Gasteiger partial charge in [0.1, 0.15) is 16.9 Å². The van der Waals surface area contributed by atoms with E-state index in [9.17, 15) is 14.7 Å². The molecule has 0 heterocycles. The Hall–Kier alpha value is -2.24. The lowest BCUT2D eigenvalue weighted by atomic mass is 10.1. The average Bonchev–Trinajstić information content (AvgIpc) is 3.04. The molecule has 0 radical (unpaired) electrons. The van der Waals surface area contributed by atoms with Crippen LogP contribution in [0.4, 0.5) is 4.79 Å². The van der Waals surface area contributed by atoms with Gasteiger partial charge in [-0.05, 0) is 51.3 Å². The van der Waals surface area contributed by atoms with Gasteiger partial charge in [-0.25, -0.2) is 9.59 Å². The lowest BCUT2D eigenvalue weighted by molar-refractivity contribution is 0.0145. The Morgan fingerprint density at radius 2 is 1.88 bits per heavy atom. The molecule has 6 heteroatoms. The molecule has 25 heavy (non-hydrogen) atoms. The Morgan fingerprint density at radius 1 is 1.24 bits per heavy atom. The minimum Gasteiger partial charge on any atom is -0.496 e. The summed E-state index contributed by atoms with van der Waals surface area (Å²) in [5.74, 6) is -0.746. The molecule has 1 aliphatic carbocycles. The van der Waals surface area contributed by atoms with E-state index >= 15 is 0 Å². The van der Waals surface area contributed by atoms with Gasteiger partial charge in [-0.1, -0.05) is 18.9 Å². The molecule has 0 bridgehead atoms. The van der Waals surface area contributed by atoms with Crippen molar-refractivity contribution in [1.29, 1.82) is 0 Å². The molecule has 1 amide bonds. The first kappa shape index (κ1) is 19.1. The number of nitrogens with zero attached hydrogens (tertiary/aromatic N) is 1. The number of hydrogen-bond donors (Lipinski definition) is 1. The summed E-state index contributed by atoms with van der Waals surface area (Å²) in [5.41, 5.74) is 0.270. The molecule has 0 saturated heterocycles. The fraction of sp³-hybridized carbons (Fsp3) is 0.579. The molecule has 1 fully saturated rings. The third kappa shape index (κ3) is 5.11. The zero-order valence-corrected chi connectivity index (χ0v) is 15.4. The molecular weight excluding hydrogens is 322 g/mol. The van der Waals surface area contributed by atoms with Crippen LogP contribution >= 0.6 is 0 Å². The summed E-state index contributed by atoms with van der Waals surface area (Å²) < 4.78 is 10.6. The molecule has 1 N–H and O–H groups in total. The monoisotopic (exact) mass is 349 g/mol. The summed E-state index contributed by atoms with van der Waals surface area (Å²) in [4.78, 5) is 25.8. The lowest BCUT2D eigenvalue weighted by Crippen LogP contribution is -2.41. The minimum atomic E-state index is -1.05. The molecule has 6 nitrogen and oxygen atoms in total. The van der Waals surface area contributed by atoms with E-state index in [0.717, 1.165) is 31.2 Å². The average molecular weight is 349 g/mol. The number of carbonyl (C=O) groups excluding carboxylic acids is 1. The van der Waals surface area contributed by atoms with Crippen LogP contribution in [0.3, 0.4) is 0 Å². The number of amides is 1. The SMILES string of the molecule is COc1ccc(CN(C(=O)OC(C)(C)C)C2CCCC2)cc1C(=O)O. The number of benzene rings is 1. The summed E-state index contributed by atoms with van der Waals surface area (Å²) in [6.07, 6.45) is 3.72. The van der Waals surface area contributed by atoms with Crippen molar-refractivity contribution in [2.24, 2.45) is 0 Å². The van der Waals surface area contributed by atoms with Crippen LogP contribution in [0.25, 0.3) is 0 Å². The summed E-state index contributed by atoms with van der Waals surface area (Å²) in [6, 6.07) is 5.11. The van der Waals surface area contributed by atoms with E-state index < -0.39 is 11.6 Å². The van der Waals surface area contributed by atoms with Crippen molar-refractivity contribution >= 4 is 12.1 Å². The van der Waals surface area contributed by atoms with Crippen LogP contribution in [0.5, 0.6) is 5.75 Å². The predicted molar refractivity (Wildman–Crippen MR) is 94.0 cm³/mol. The number of rotatable bonds is 5. The Morgan fingerprint density at radius 3 is 2.40 bits per heavy atom. The largest absolute Gasteiger partial charge is 0.496 e.